The first kappa shape index (κ1) is 16.1. The standard InChI is InChI=1S/C17H19N5O2/c1-12-8-19-13(9-18-12)10-20-17(24)6-7-22-15-5-3-2-4-14(15)21-16(22)11-23/h2-5,8-9,23H,6-7,10-11H2,1H3,(H,20,24). The van der Waals surface area contributed by atoms with E-state index in [2.05, 4.69) is 20.3 Å². The molecule has 0 aliphatic heterocycles. The fourth-order valence-electron chi connectivity index (χ4n) is 2.50. The first-order valence-electron chi connectivity index (χ1n) is 7.76. The van der Waals surface area contributed by atoms with Gasteiger partial charge in [-0.3, -0.25) is 14.8 Å². The SMILES string of the molecule is Cc1cnc(CNC(=O)CCn2c(CO)nc3ccccc32)cn1. The topological polar surface area (TPSA) is 92.9 Å². The van der Waals surface area contributed by atoms with Gasteiger partial charge in [-0.25, -0.2) is 4.98 Å². The Hall–Kier alpha value is -2.80. The summed E-state index contributed by atoms with van der Waals surface area (Å²) in [4.78, 5) is 24.8. The van der Waals surface area contributed by atoms with Gasteiger partial charge in [0.2, 0.25) is 5.91 Å². The van der Waals surface area contributed by atoms with E-state index in [9.17, 15) is 9.90 Å². The zero-order valence-electron chi connectivity index (χ0n) is 13.4. The predicted octanol–water partition coefficient (Wildman–Crippen LogP) is 1.33. The van der Waals surface area contributed by atoms with Crippen molar-refractivity contribution in [1.29, 1.82) is 0 Å². The third kappa shape index (κ3) is 3.57. The molecule has 24 heavy (non-hydrogen) atoms. The molecule has 0 atom stereocenters. The molecule has 7 nitrogen and oxygen atoms in total. The molecule has 1 amide bonds. The zero-order chi connectivity index (χ0) is 16.9. The fourth-order valence-corrected chi connectivity index (χ4v) is 2.50. The van der Waals surface area contributed by atoms with Crippen molar-refractivity contribution >= 4 is 16.9 Å². The van der Waals surface area contributed by atoms with E-state index in [0.717, 1.165) is 22.4 Å². The van der Waals surface area contributed by atoms with Crippen LogP contribution >= 0.6 is 0 Å². The number of para-hydroxylation sites is 2. The summed E-state index contributed by atoms with van der Waals surface area (Å²) >= 11 is 0. The Morgan fingerprint density at radius 2 is 2.08 bits per heavy atom. The average molecular weight is 325 g/mol. The molecule has 0 aliphatic rings. The van der Waals surface area contributed by atoms with Crippen LogP contribution in [0.5, 0.6) is 0 Å². The quantitative estimate of drug-likeness (QED) is 0.713. The van der Waals surface area contributed by atoms with Gasteiger partial charge >= 0.3 is 0 Å². The molecule has 7 heteroatoms. The molecule has 0 saturated heterocycles. The second kappa shape index (κ2) is 7.18. The Morgan fingerprint density at radius 1 is 1.25 bits per heavy atom. The summed E-state index contributed by atoms with van der Waals surface area (Å²) < 4.78 is 1.88. The van der Waals surface area contributed by atoms with Gasteiger partial charge in [0.05, 0.1) is 35.2 Å². The number of aliphatic hydroxyl groups is 1. The average Bonchev–Trinajstić information content (AvgIpc) is 2.97. The molecule has 2 heterocycles. The highest BCUT2D eigenvalue weighted by molar-refractivity contribution is 5.78. The number of fused-ring (bicyclic) bond motifs is 1. The molecule has 0 saturated carbocycles. The second-order valence-corrected chi connectivity index (χ2v) is 5.50. The lowest BCUT2D eigenvalue weighted by Gasteiger charge is -2.08. The number of hydrogen-bond donors (Lipinski definition) is 2. The van der Waals surface area contributed by atoms with E-state index < -0.39 is 0 Å². The van der Waals surface area contributed by atoms with Crippen molar-refractivity contribution in [1.82, 2.24) is 24.8 Å². The zero-order valence-corrected chi connectivity index (χ0v) is 13.4. The molecule has 0 spiro atoms. The van der Waals surface area contributed by atoms with Crippen LogP contribution in [0.3, 0.4) is 0 Å². The molecular weight excluding hydrogens is 306 g/mol. The van der Waals surface area contributed by atoms with Gasteiger partial charge in [0.25, 0.3) is 0 Å². The number of carbonyl (C=O) groups excluding carboxylic acids is 1. The summed E-state index contributed by atoms with van der Waals surface area (Å²) in [6, 6.07) is 7.64. The highest BCUT2D eigenvalue weighted by atomic mass is 16.3. The molecule has 1 aromatic carbocycles. The van der Waals surface area contributed by atoms with Crippen LogP contribution in [-0.4, -0.2) is 30.5 Å². The molecule has 0 aliphatic carbocycles. The summed E-state index contributed by atoms with van der Waals surface area (Å²) in [5, 5.41) is 12.3. The molecule has 3 rings (SSSR count). The summed E-state index contributed by atoms with van der Waals surface area (Å²) in [5.74, 6) is 0.479. The number of aliphatic hydroxyl groups excluding tert-OH is 1. The van der Waals surface area contributed by atoms with E-state index in [4.69, 9.17) is 0 Å². The van der Waals surface area contributed by atoms with Crippen LogP contribution in [0.4, 0.5) is 0 Å². The molecule has 2 N–H and O–H groups in total. The van der Waals surface area contributed by atoms with Gasteiger partial charge in [-0.15, -0.1) is 0 Å². The van der Waals surface area contributed by atoms with Gasteiger partial charge < -0.3 is 15.0 Å². The van der Waals surface area contributed by atoms with Crippen LogP contribution in [0.1, 0.15) is 23.6 Å². The van der Waals surface area contributed by atoms with Crippen molar-refractivity contribution in [3.05, 3.63) is 53.9 Å². The Bertz CT molecular complexity index is 842. The van der Waals surface area contributed by atoms with Crippen molar-refractivity contribution in [2.45, 2.75) is 33.0 Å². The minimum Gasteiger partial charge on any atom is -0.388 e. The van der Waals surface area contributed by atoms with Crippen LogP contribution in [0.15, 0.2) is 36.7 Å². The maximum Gasteiger partial charge on any atom is 0.222 e. The smallest absolute Gasteiger partial charge is 0.222 e. The van der Waals surface area contributed by atoms with Crippen molar-refractivity contribution < 1.29 is 9.90 Å². The molecule has 0 fully saturated rings. The molecule has 124 valence electrons. The van der Waals surface area contributed by atoms with Crippen LogP contribution in [0.2, 0.25) is 0 Å². The van der Waals surface area contributed by atoms with Gasteiger partial charge in [-0.05, 0) is 19.1 Å². The minimum absolute atomic E-state index is 0.0842. The number of hydrogen-bond acceptors (Lipinski definition) is 5. The number of benzene rings is 1. The number of rotatable bonds is 6. The number of amides is 1. The largest absolute Gasteiger partial charge is 0.388 e. The fraction of sp³-hybridized carbons (Fsp3) is 0.294. The normalized spacial score (nSPS) is 10.9. The Balaban J connectivity index is 1.61. The van der Waals surface area contributed by atoms with Gasteiger partial charge in [0, 0.05) is 19.2 Å². The lowest BCUT2D eigenvalue weighted by atomic mass is 10.3. The van der Waals surface area contributed by atoms with Crippen LogP contribution in [0.25, 0.3) is 11.0 Å². The third-order valence-corrected chi connectivity index (χ3v) is 3.74. The molecule has 3 aromatic rings. The summed E-state index contributed by atoms with van der Waals surface area (Å²) in [7, 11) is 0. The van der Waals surface area contributed by atoms with Crippen LogP contribution in [-0.2, 0) is 24.5 Å². The number of nitrogens with one attached hydrogen (secondary N) is 1. The van der Waals surface area contributed by atoms with Crippen molar-refractivity contribution in [3.8, 4) is 0 Å². The Labute approximate surface area is 139 Å². The van der Waals surface area contributed by atoms with E-state index in [1.807, 2.05) is 35.8 Å². The summed E-state index contributed by atoms with van der Waals surface area (Å²) in [5.41, 5.74) is 3.29. The van der Waals surface area contributed by atoms with Gasteiger partial charge in [0.1, 0.15) is 12.4 Å². The third-order valence-electron chi connectivity index (χ3n) is 3.74. The van der Waals surface area contributed by atoms with E-state index >= 15 is 0 Å². The number of carbonyl (C=O) groups is 1. The predicted molar refractivity (Wildman–Crippen MR) is 88.9 cm³/mol. The maximum absolute atomic E-state index is 12.1. The molecule has 0 bridgehead atoms. The second-order valence-electron chi connectivity index (χ2n) is 5.50. The van der Waals surface area contributed by atoms with E-state index in [0.29, 0.717) is 25.3 Å². The molecule has 0 radical (unpaired) electrons. The monoisotopic (exact) mass is 325 g/mol. The Morgan fingerprint density at radius 3 is 2.83 bits per heavy atom. The maximum atomic E-state index is 12.1. The van der Waals surface area contributed by atoms with Crippen molar-refractivity contribution in [3.63, 3.8) is 0 Å². The van der Waals surface area contributed by atoms with E-state index in [1.54, 1.807) is 12.4 Å². The lowest BCUT2D eigenvalue weighted by molar-refractivity contribution is -0.121. The minimum atomic E-state index is -0.157. The lowest BCUT2D eigenvalue weighted by Crippen LogP contribution is -2.24. The highest BCUT2D eigenvalue weighted by Crippen LogP contribution is 2.16. The Kier molecular flexibility index (Phi) is 4.81. The molecular formula is C17H19N5O2. The number of imidazole rings is 1. The highest BCUT2D eigenvalue weighted by Gasteiger charge is 2.11. The molecule has 2 aromatic heterocycles. The summed E-state index contributed by atoms with van der Waals surface area (Å²) in [6.07, 6.45) is 3.63. The van der Waals surface area contributed by atoms with Gasteiger partial charge in [-0.2, -0.15) is 0 Å². The number of nitrogens with zero attached hydrogens (tertiary/aromatic N) is 4. The summed E-state index contributed by atoms with van der Waals surface area (Å²) in [6.45, 7) is 2.52. The van der Waals surface area contributed by atoms with Gasteiger partial charge in [0.15, 0.2) is 0 Å². The number of aromatic nitrogens is 4. The van der Waals surface area contributed by atoms with Crippen molar-refractivity contribution in [2.75, 3.05) is 0 Å². The van der Waals surface area contributed by atoms with Crippen molar-refractivity contribution in [2.24, 2.45) is 0 Å². The van der Waals surface area contributed by atoms with Crippen LogP contribution < -0.4 is 5.32 Å². The van der Waals surface area contributed by atoms with Gasteiger partial charge in [-0.1, -0.05) is 12.1 Å². The first-order chi connectivity index (χ1) is 11.7. The molecule has 0 unspecified atom stereocenters. The first-order valence-corrected chi connectivity index (χ1v) is 7.76. The van der Waals surface area contributed by atoms with E-state index in [-0.39, 0.29) is 12.5 Å². The van der Waals surface area contributed by atoms with Crippen LogP contribution in [0, 0.1) is 6.92 Å². The van der Waals surface area contributed by atoms with E-state index in [1.165, 1.54) is 0 Å². The number of aryl methyl sites for hydroxylation is 2.